The van der Waals surface area contributed by atoms with Crippen molar-refractivity contribution >= 4 is 5.78 Å². The maximum absolute atomic E-state index is 12.8. The molecule has 1 aliphatic rings. The second-order valence-electron chi connectivity index (χ2n) is 5.90. The van der Waals surface area contributed by atoms with Gasteiger partial charge in [0, 0.05) is 26.4 Å². The lowest BCUT2D eigenvalue weighted by molar-refractivity contribution is 0.0439. The summed E-state index contributed by atoms with van der Waals surface area (Å²) in [6.45, 7) is 0.0771. The first-order valence-electron chi connectivity index (χ1n) is 8.41. The predicted molar refractivity (Wildman–Crippen MR) is 96.8 cm³/mol. The molecule has 7 nitrogen and oxygen atoms in total. The largest absolute Gasteiger partial charge is 0.497 e. The molecule has 144 valence electrons. The molecule has 0 fully saturated rings. The fourth-order valence-electron chi connectivity index (χ4n) is 2.85. The van der Waals surface area contributed by atoms with Gasteiger partial charge in [-0.1, -0.05) is 12.1 Å². The highest BCUT2D eigenvalue weighted by atomic mass is 16.7. The van der Waals surface area contributed by atoms with Gasteiger partial charge in [0.05, 0.1) is 13.5 Å². The molecular weight excluding hydrogens is 352 g/mol. The highest BCUT2D eigenvalue weighted by molar-refractivity contribution is 6.02. The third kappa shape index (κ3) is 4.32. The summed E-state index contributed by atoms with van der Waals surface area (Å²) in [5, 5.41) is 0. The molecule has 0 N–H and O–H groups in total. The zero-order valence-corrected chi connectivity index (χ0v) is 15.5. The minimum atomic E-state index is -0.399. The van der Waals surface area contributed by atoms with E-state index in [9.17, 15) is 4.79 Å². The first kappa shape index (κ1) is 19.0. The van der Waals surface area contributed by atoms with Gasteiger partial charge in [-0.25, -0.2) is 0 Å². The predicted octanol–water partition coefficient (Wildman–Crippen LogP) is 3.37. The maximum atomic E-state index is 12.8. The van der Waals surface area contributed by atoms with Crippen LogP contribution in [-0.4, -0.2) is 40.7 Å². The van der Waals surface area contributed by atoms with Crippen molar-refractivity contribution in [3.05, 3.63) is 47.5 Å². The van der Waals surface area contributed by atoms with Gasteiger partial charge in [-0.15, -0.1) is 0 Å². The van der Waals surface area contributed by atoms with E-state index in [0.717, 1.165) is 11.3 Å². The molecule has 0 spiro atoms. The number of hydrogen-bond donors (Lipinski definition) is 0. The number of rotatable bonds is 8. The number of methoxy groups -OCH3 is 3. The summed E-state index contributed by atoms with van der Waals surface area (Å²) in [5.74, 6) is 1.92. The van der Waals surface area contributed by atoms with E-state index >= 15 is 0 Å². The van der Waals surface area contributed by atoms with Gasteiger partial charge in [-0.05, 0) is 17.7 Å². The zero-order valence-electron chi connectivity index (χ0n) is 15.5. The van der Waals surface area contributed by atoms with Crippen LogP contribution < -0.4 is 18.9 Å². The molecule has 1 aliphatic heterocycles. The topological polar surface area (TPSA) is 72.5 Å². The van der Waals surface area contributed by atoms with E-state index in [1.807, 2.05) is 24.3 Å². The normalized spacial score (nSPS) is 15.7. The lowest BCUT2D eigenvalue weighted by atomic mass is 9.95. The van der Waals surface area contributed by atoms with Crippen molar-refractivity contribution in [3.8, 4) is 23.0 Å². The summed E-state index contributed by atoms with van der Waals surface area (Å²) in [7, 11) is 4.64. The number of Topliss-reactive ketones (excluding diaryl/α,β-unsaturated/α-hetero) is 1. The molecule has 7 heteroatoms. The summed E-state index contributed by atoms with van der Waals surface area (Å²) in [4.78, 5) is 12.8. The van der Waals surface area contributed by atoms with Crippen molar-refractivity contribution in [2.45, 2.75) is 12.5 Å². The maximum Gasteiger partial charge on any atom is 0.188 e. The SMILES string of the molecule is COCOc1cc(OCOC)c2c(c1)OC(c1ccc(OC)cc1)CC2=O. The molecule has 27 heavy (non-hydrogen) atoms. The lowest BCUT2D eigenvalue weighted by Crippen LogP contribution is -2.21. The average molecular weight is 374 g/mol. The molecule has 0 amide bonds. The number of carbonyl (C=O) groups is 1. The third-order valence-corrected chi connectivity index (χ3v) is 4.12. The Labute approximate surface area is 157 Å². The van der Waals surface area contributed by atoms with E-state index in [-0.39, 0.29) is 25.8 Å². The molecule has 0 aromatic heterocycles. The van der Waals surface area contributed by atoms with Crippen molar-refractivity contribution in [2.24, 2.45) is 0 Å². The van der Waals surface area contributed by atoms with E-state index in [2.05, 4.69) is 0 Å². The number of fused-ring (bicyclic) bond motifs is 1. The monoisotopic (exact) mass is 374 g/mol. The van der Waals surface area contributed by atoms with Gasteiger partial charge in [0.1, 0.15) is 34.7 Å². The van der Waals surface area contributed by atoms with Crippen LogP contribution in [0.2, 0.25) is 0 Å². The Bertz CT molecular complexity index is 786. The second kappa shape index (κ2) is 8.75. The molecule has 2 aromatic rings. The van der Waals surface area contributed by atoms with Gasteiger partial charge in [-0.3, -0.25) is 4.79 Å². The van der Waals surface area contributed by atoms with E-state index in [1.165, 1.54) is 14.2 Å². The second-order valence-corrected chi connectivity index (χ2v) is 5.90. The number of ketones is 1. The summed E-state index contributed by atoms with van der Waals surface area (Å²) >= 11 is 0. The average Bonchev–Trinajstić information content (AvgIpc) is 2.70. The highest BCUT2D eigenvalue weighted by Gasteiger charge is 2.31. The lowest BCUT2D eigenvalue weighted by Gasteiger charge is -2.27. The first-order valence-corrected chi connectivity index (χ1v) is 8.41. The van der Waals surface area contributed by atoms with Crippen LogP contribution in [0.3, 0.4) is 0 Å². The van der Waals surface area contributed by atoms with Crippen LogP contribution in [0.25, 0.3) is 0 Å². The van der Waals surface area contributed by atoms with Gasteiger partial charge in [0.2, 0.25) is 0 Å². The van der Waals surface area contributed by atoms with Gasteiger partial charge >= 0.3 is 0 Å². The fraction of sp³-hybridized carbons (Fsp3) is 0.350. The third-order valence-electron chi connectivity index (χ3n) is 4.12. The number of hydrogen-bond acceptors (Lipinski definition) is 7. The molecule has 1 atom stereocenters. The Morgan fingerprint density at radius 3 is 2.33 bits per heavy atom. The van der Waals surface area contributed by atoms with Gasteiger partial charge in [0.15, 0.2) is 19.4 Å². The zero-order chi connectivity index (χ0) is 19.2. The Kier molecular flexibility index (Phi) is 6.16. The van der Waals surface area contributed by atoms with Gasteiger partial charge < -0.3 is 28.4 Å². The molecule has 0 aliphatic carbocycles. The van der Waals surface area contributed by atoms with Crippen LogP contribution in [0.1, 0.15) is 28.4 Å². The van der Waals surface area contributed by atoms with Crippen molar-refractivity contribution in [2.75, 3.05) is 34.9 Å². The molecule has 1 heterocycles. The molecule has 0 bridgehead atoms. The van der Waals surface area contributed by atoms with E-state index in [1.54, 1.807) is 19.2 Å². The van der Waals surface area contributed by atoms with Crippen LogP contribution >= 0.6 is 0 Å². The fourth-order valence-corrected chi connectivity index (χ4v) is 2.85. The van der Waals surface area contributed by atoms with Crippen LogP contribution in [0, 0.1) is 0 Å². The standard InChI is InChI=1S/C20H22O7/c1-22-11-25-15-8-18(26-12-23-2)20-16(21)10-17(27-19(20)9-15)13-4-6-14(24-3)7-5-13/h4-9,17H,10-12H2,1-3H3. The molecule has 2 aromatic carbocycles. The van der Waals surface area contributed by atoms with E-state index < -0.39 is 6.10 Å². The summed E-state index contributed by atoms with van der Waals surface area (Å²) in [6, 6.07) is 10.7. The van der Waals surface area contributed by atoms with Crippen LogP contribution in [0.5, 0.6) is 23.0 Å². The van der Waals surface area contributed by atoms with E-state index in [4.69, 9.17) is 28.4 Å². The minimum Gasteiger partial charge on any atom is -0.497 e. The van der Waals surface area contributed by atoms with Crippen molar-refractivity contribution in [1.29, 1.82) is 0 Å². The number of ether oxygens (including phenoxy) is 6. The Hall–Kier alpha value is -2.77. The Morgan fingerprint density at radius 2 is 1.67 bits per heavy atom. The summed E-state index contributed by atoms with van der Waals surface area (Å²) < 4.78 is 32.2. The molecule has 1 unspecified atom stereocenters. The van der Waals surface area contributed by atoms with Crippen molar-refractivity contribution in [3.63, 3.8) is 0 Å². The van der Waals surface area contributed by atoms with Crippen LogP contribution in [0.15, 0.2) is 36.4 Å². The van der Waals surface area contributed by atoms with E-state index in [0.29, 0.717) is 22.8 Å². The first-order chi connectivity index (χ1) is 13.2. The summed E-state index contributed by atoms with van der Waals surface area (Å²) in [6.07, 6.45) is -0.190. The number of benzene rings is 2. The molecule has 0 radical (unpaired) electrons. The molecule has 3 rings (SSSR count). The smallest absolute Gasteiger partial charge is 0.188 e. The van der Waals surface area contributed by atoms with Crippen LogP contribution in [-0.2, 0) is 9.47 Å². The van der Waals surface area contributed by atoms with Crippen LogP contribution in [0.4, 0.5) is 0 Å². The number of carbonyl (C=O) groups excluding carboxylic acids is 1. The molecule has 0 saturated carbocycles. The molecular formula is C20H22O7. The van der Waals surface area contributed by atoms with Gasteiger partial charge in [0.25, 0.3) is 0 Å². The quantitative estimate of drug-likeness (QED) is 0.656. The highest BCUT2D eigenvalue weighted by Crippen LogP contribution is 2.42. The van der Waals surface area contributed by atoms with Crippen molar-refractivity contribution < 1.29 is 33.2 Å². The van der Waals surface area contributed by atoms with Crippen molar-refractivity contribution in [1.82, 2.24) is 0 Å². The minimum absolute atomic E-state index is 0.00929. The Morgan fingerprint density at radius 1 is 0.963 bits per heavy atom. The summed E-state index contributed by atoms with van der Waals surface area (Å²) in [5.41, 5.74) is 1.28. The molecule has 0 saturated heterocycles. The van der Waals surface area contributed by atoms with Gasteiger partial charge in [-0.2, -0.15) is 0 Å². The Balaban J connectivity index is 1.92.